The van der Waals surface area contributed by atoms with Gasteiger partial charge in [-0.3, -0.25) is 4.79 Å². The molecule has 1 unspecified atom stereocenters. The Labute approximate surface area is 152 Å². The van der Waals surface area contributed by atoms with Crippen LogP contribution in [0.15, 0.2) is 29.6 Å². The summed E-state index contributed by atoms with van der Waals surface area (Å²) in [5, 5.41) is 2.99. The molecule has 1 aliphatic rings. The smallest absolute Gasteiger partial charge is 0.253 e. The number of hydrogen-bond donors (Lipinski definition) is 1. The molecular formula is C16H21Cl2N3OS. The Morgan fingerprint density at radius 3 is 2.83 bits per heavy atom. The molecule has 2 heterocycles. The highest BCUT2D eigenvalue weighted by Gasteiger charge is 2.26. The highest BCUT2D eigenvalue weighted by Crippen LogP contribution is 2.25. The molecule has 4 nitrogen and oxygen atoms in total. The van der Waals surface area contributed by atoms with Crippen molar-refractivity contribution in [3.63, 3.8) is 0 Å². The summed E-state index contributed by atoms with van der Waals surface area (Å²) in [4.78, 5) is 19.0. The predicted molar refractivity (Wildman–Crippen MR) is 99.8 cm³/mol. The minimum atomic E-state index is 0. The van der Waals surface area contributed by atoms with E-state index in [9.17, 15) is 4.79 Å². The standard InChI is InChI=1S/C16H19N3OS.2ClH/c1-11-10-21-15(18-11)13-3-2-4-14(7-13)16(20)19-6-5-12(8-17)9-19;;/h2-4,7,10,12H,5-6,8-9,17H2,1H3;2*1H. The van der Waals surface area contributed by atoms with E-state index in [4.69, 9.17) is 5.73 Å². The van der Waals surface area contributed by atoms with Gasteiger partial charge in [0.15, 0.2) is 0 Å². The van der Waals surface area contributed by atoms with Gasteiger partial charge in [-0.2, -0.15) is 0 Å². The third kappa shape index (κ3) is 4.44. The number of likely N-dealkylation sites (tertiary alicyclic amines) is 1. The van der Waals surface area contributed by atoms with Crippen LogP contribution < -0.4 is 5.73 Å². The van der Waals surface area contributed by atoms with Crippen molar-refractivity contribution >= 4 is 42.1 Å². The number of carbonyl (C=O) groups is 1. The summed E-state index contributed by atoms with van der Waals surface area (Å²) < 4.78 is 0. The topological polar surface area (TPSA) is 59.2 Å². The number of nitrogens with two attached hydrogens (primary N) is 1. The summed E-state index contributed by atoms with van der Waals surface area (Å²) >= 11 is 1.61. The Kier molecular flexibility index (Phi) is 7.48. The first-order chi connectivity index (χ1) is 10.2. The van der Waals surface area contributed by atoms with Gasteiger partial charge in [0.05, 0.1) is 0 Å². The zero-order valence-corrected chi connectivity index (χ0v) is 15.3. The van der Waals surface area contributed by atoms with Crippen LogP contribution in [0.1, 0.15) is 22.5 Å². The lowest BCUT2D eigenvalue weighted by Crippen LogP contribution is -2.29. The maximum atomic E-state index is 12.6. The first-order valence-corrected chi connectivity index (χ1v) is 8.07. The maximum absolute atomic E-state index is 12.6. The third-order valence-corrected chi connectivity index (χ3v) is 4.89. The number of halogens is 2. The molecular weight excluding hydrogens is 353 g/mol. The third-order valence-electron chi connectivity index (χ3n) is 3.88. The molecule has 1 amide bonds. The van der Waals surface area contributed by atoms with Crippen molar-refractivity contribution in [3.05, 3.63) is 40.9 Å². The van der Waals surface area contributed by atoms with Crippen LogP contribution in [0.25, 0.3) is 10.6 Å². The van der Waals surface area contributed by atoms with Gasteiger partial charge in [-0.1, -0.05) is 12.1 Å². The van der Waals surface area contributed by atoms with Gasteiger partial charge < -0.3 is 10.6 Å². The van der Waals surface area contributed by atoms with Crippen LogP contribution in [0.4, 0.5) is 0 Å². The molecule has 1 aromatic carbocycles. The second kappa shape index (κ2) is 8.64. The van der Waals surface area contributed by atoms with E-state index in [1.165, 1.54) is 0 Å². The second-order valence-corrected chi connectivity index (χ2v) is 6.37. The lowest BCUT2D eigenvalue weighted by Gasteiger charge is -2.16. The SMILES string of the molecule is Cc1csc(-c2cccc(C(=O)N3CCC(CN)C3)c2)n1.Cl.Cl. The molecule has 0 radical (unpaired) electrons. The number of nitrogens with zero attached hydrogens (tertiary/aromatic N) is 2. The average Bonchev–Trinajstić information content (AvgIpc) is 3.15. The number of hydrogen-bond acceptors (Lipinski definition) is 4. The van der Waals surface area contributed by atoms with Crippen molar-refractivity contribution in [2.24, 2.45) is 11.7 Å². The zero-order valence-electron chi connectivity index (χ0n) is 12.9. The maximum Gasteiger partial charge on any atom is 0.253 e. The molecule has 0 aliphatic carbocycles. The summed E-state index contributed by atoms with van der Waals surface area (Å²) in [6, 6.07) is 7.75. The van der Waals surface area contributed by atoms with E-state index in [0.717, 1.165) is 41.3 Å². The Bertz CT molecular complexity index is 662. The number of aryl methyl sites for hydroxylation is 1. The van der Waals surface area contributed by atoms with Crippen molar-refractivity contribution in [1.29, 1.82) is 0 Å². The molecule has 126 valence electrons. The summed E-state index contributed by atoms with van der Waals surface area (Å²) in [5.41, 5.74) is 8.45. The van der Waals surface area contributed by atoms with E-state index in [0.29, 0.717) is 12.5 Å². The first-order valence-electron chi connectivity index (χ1n) is 7.19. The van der Waals surface area contributed by atoms with Crippen molar-refractivity contribution in [2.75, 3.05) is 19.6 Å². The van der Waals surface area contributed by atoms with Crippen LogP contribution in [-0.2, 0) is 0 Å². The number of thiazole rings is 1. The fourth-order valence-electron chi connectivity index (χ4n) is 2.66. The minimum Gasteiger partial charge on any atom is -0.338 e. The van der Waals surface area contributed by atoms with Gasteiger partial charge in [0.2, 0.25) is 0 Å². The number of carbonyl (C=O) groups excluding carboxylic acids is 1. The van der Waals surface area contributed by atoms with E-state index in [1.54, 1.807) is 11.3 Å². The summed E-state index contributed by atoms with van der Waals surface area (Å²) in [7, 11) is 0. The van der Waals surface area contributed by atoms with Crippen LogP contribution in [-0.4, -0.2) is 35.4 Å². The van der Waals surface area contributed by atoms with Gasteiger partial charge in [-0.25, -0.2) is 4.98 Å². The van der Waals surface area contributed by atoms with Gasteiger partial charge in [0.1, 0.15) is 5.01 Å². The van der Waals surface area contributed by atoms with Crippen LogP contribution in [0, 0.1) is 12.8 Å². The van der Waals surface area contributed by atoms with Gasteiger partial charge in [-0.05, 0) is 37.9 Å². The monoisotopic (exact) mass is 373 g/mol. The van der Waals surface area contributed by atoms with Crippen molar-refractivity contribution in [3.8, 4) is 10.6 Å². The first kappa shape index (κ1) is 19.9. The molecule has 1 aromatic heterocycles. The van der Waals surface area contributed by atoms with Crippen LogP contribution in [0.2, 0.25) is 0 Å². The molecule has 0 saturated carbocycles. The van der Waals surface area contributed by atoms with Gasteiger partial charge in [-0.15, -0.1) is 36.2 Å². The second-order valence-electron chi connectivity index (χ2n) is 5.52. The number of amides is 1. The van der Waals surface area contributed by atoms with E-state index < -0.39 is 0 Å². The Morgan fingerprint density at radius 1 is 1.43 bits per heavy atom. The van der Waals surface area contributed by atoms with E-state index in [1.807, 2.05) is 41.5 Å². The quantitative estimate of drug-likeness (QED) is 0.896. The molecule has 2 aromatic rings. The molecule has 2 N–H and O–H groups in total. The Morgan fingerprint density at radius 2 is 2.22 bits per heavy atom. The summed E-state index contributed by atoms with van der Waals surface area (Å²) in [5.74, 6) is 0.542. The van der Waals surface area contributed by atoms with E-state index in [-0.39, 0.29) is 30.7 Å². The number of aromatic nitrogens is 1. The van der Waals surface area contributed by atoms with E-state index in [2.05, 4.69) is 4.98 Å². The van der Waals surface area contributed by atoms with Crippen molar-refractivity contribution < 1.29 is 4.79 Å². The van der Waals surface area contributed by atoms with Gasteiger partial charge in [0.25, 0.3) is 5.91 Å². The molecule has 1 saturated heterocycles. The summed E-state index contributed by atoms with van der Waals surface area (Å²) in [6.07, 6.45) is 1.01. The summed E-state index contributed by atoms with van der Waals surface area (Å²) in [6.45, 7) is 4.21. The number of benzene rings is 1. The normalized spacial score (nSPS) is 16.6. The molecule has 1 atom stereocenters. The highest BCUT2D eigenvalue weighted by molar-refractivity contribution is 7.13. The average molecular weight is 374 g/mol. The van der Waals surface area contributed by atoms with Gasteiger partial charge in [0, 0.05) is 35.3 Å². The molecule has 7 heteroatoms. The van der Waals surface area contributed by atoms with Crippen LogP contribution in [0.3, 0.4) is 0 Å². The number of rotatable bonds is 3. The molecule has 1 fully saturated rings. The Balaban J connectivity index is 0.00000132. The van der Waals surface area contributed by atoms with Gasteiger partial charge >= 0.3 is 0 Å². The molecule has 23 heavy (non-hydrogen) atoms. The fraction of sp³-hybridized carbons (Fsp3) is 0.375. The molecule has 1 aliphatic heterocycles. The molecule has 0 spiro atoms. The molecule has 3 rings (SSSR count). The fourth-order valence-corrected chi connectivity index (χ4v) is 3.46. The van der Waals surface area contributed by atoms with Crippen molar-refractivity contribution in [1.82, 2.24) is 9.88 Å². The zero-order chi connectivity index (χ0) is 14.8. The van der Waals surface area contributed by atoms with Crippen LogP contribution >= 0.6 is 36.2 Å². The van der Waals surface area contributed by atoms with Crippen molar-refractivity contribution in [2.45, 2.75) is 13.3 Å². The predicted octanol–water partition coefficient (Wildman–Crippen LogP) is 3.38. The highest BCUT2D eigenvalue weighted by atomic mass is 35.5. The lowest BCUT2D eigenvalue weighted by molar-refractivity contribution is 0.0787. The van der Waals surface area contributed by atoms with Crippen LogP contribution in [0.5, 0.6) is 0 Å². The minimum absolute atomic E-state index is 0. The largest absolute Gasteiger partial charge is 0.338 e. The Hall–Kier alpha value is -1.14. The van der Waals surface area contributed by atoms with E-state index >= 15 is 0 Å². The molecule has 0 bridgehead atoms. The lowest BCUT2D eigenvalue weighted by atomic mass is 10.1.